The molecule has 1 aliphatic rings. The Balaban J connectivity index is 1.64. The van der Waals surface area contributed by atoms with Gasteiger partial charge in [-0.3, -0.25) is 4.72 Å². The van der Waals surface area contributed by atoms with Crippen LogP contribution in [0.25, 0.3) is 0 Å². The summed E-state index contributed by atoms with van der Waals surface area (Å²) in [6.07, 6.45) is 3.59. The van der Waals surface area contributed by atoms with Gasteiger partial charge in [0.05, 0.1) is 16.8 Å². The van der Waals surface area contributed by atoms with Gasteiger partial charge in [-0.1, -0.05) is 32.9 Å². The van der Waals surface area contributed by atoms with E-state index < -0.39 is 10.0 Å². The van der Waals surface area contributed by atoms with E-state index in [9.17, 15) is 8.42 Å². The van der Waals surface area contributed by atoms with Gasteiger partial charge in [0.25, 0.3) is 10.0 Å². The minimum Gasteiger partial charge on any atom is -0.474 e. The van der Waals surface area contributed by atoms with Crippen molar-refractivity contribution < 1.29 is 13.2 Å². The van der Waals surface area contributed by atoms with Gasteiger partial charge in [-0.15, -0.1) is 0 Å². The number of anilines is 1. The normalized spacial score (nSPS) is 16.7. The van der Waals surface area contributed by atoms with Gasteiger partial charge in [0, 0.05) is 19.2 Å². The molecule has 0 atom stereocenters. The number of hydrogen-bond acceptors (Lipinski definition) is 5. The molecule has 7 heteroatoms. The van der Waals surface area contributed by atoms with Crippen LogP contribution >= 0.6 is 0 Å². The van der Waals surface area contributed by atoms with Crippen molar-refractivity contribution in [3.05, 3.63) is 48.2 Å². The molecule has 1 saturated heterocycles. The molecule has 0 spiro atoms. The van der Waals surface area contributed by atoms with Gasteiger partial charge in [-0.2, -0.15) is 0 Å². The highest BCUT2D eigenvalue weighted by Gasteiger charge is 2.20. The third kappa shape index (κ3) is 5.23. The fourth-order valence-corrected chi connectivity index (χ4v) is 4.18. The van der Waals surface area contributed by atoms with E-state index in [1.54, 1.807) is 24.3 Å². The SMILES string of the molecule is CN1CCC(Oc2ccc(NS(=O)(=O)c3ccc(C(C)(C)C)cc3)cn2)CC1. The Labute approximate surface area is 168 Å². The number of pyridine rings is 1. The number of aromatic nitrogens is 1. The Kier molecular flexibility index (Phi) is 5.95. The van der Waals surface area contributed by atoms with E-state index in [0.717, 1.165) is 31.5 Å². The van der Waals surface area contributed by atoms with E-state index in [1.807, 2.05) is 12.1 Å². The fourth-order valence-electron chi connectivity index (χ4n) is 3.13. The highest BCUT2D eigenvalue weighted by molar-refractivity contribution is 7.92. The molecule has 0 radical (unpaired) electrons. The first-order valence-corrected chi connectivity index (χ1v) is 11.1. The molecule has 0 amide bonds. The van der Waals surface area contributed by atoms with Crippen molar-refractivity contribution in [1.82, 2.24) is 9.88 Å². The molecule has 2 aromatic rings. The van der Waals surface area contributed by atoms with Gasteiger partial charge in [-0.05, 0) is 49.1 Å². The number of nitrogens with zero attached hydrogens (tertiary/aromatic N) is 2. The molecule has 0 aliphatic carbocycles. The van der Waals surface area contributed by atoms with E-state index >= 15 is 0 Å². The van der Waals surface area contributed by atoms with E-state index in [4.69, 9.17) is 4.74 Å². The van der Waals surface area contributed by atoms with Crippen LogP contribution in [0.1, 0.15) is 39.2 Å². The van der Waals surface area contributed by atoms with Gasteiger partial charge in [0.2, 0.25) is 5.88 Å². The smallest absolute Gasteiger partial charge is 0.261 e. The van der Waals surface area contributed by atoms with Crippen molar-refractivity contribution in [3.63, 3.8) is 0 Å². The van der Waals surface area contributed by atoms with Crippen molar-refractivity contribution in [2.45, 2.75) is 50.0 Å². The van der Waals surface area contributed by atoms with Crippen LogP contribution < -0.4 is 9.46 Å². The van der Waals surface area contributed by atoms with E-state index in [2.05, 4.69) is 42.4 Å². The summed E-state index contributed by atoms with van der Waals surface area (Å²) in [6.45, 7) is 8.30. The lowest BCUT2D eigenvalue weighted by molar-refractivity contribution is 0.110. The minimum atomic E-state index is -3.66. The predicted molar refractivity (Wildman–Crippen MR) is 111 cm³/mol. The monoisotopic (exact) mass is 403 g/mol. The molecular formula is C21H29N3O3S. The summed E-state index contributed by atoms with van der Waals surface area (Å²) >= 11 is 0. The average Bonchev–Trinajstić information content (AvgIpc) is 2.64. The summed E-state index contributed by atoms with van der Waals surface area (Å²) in [7, 11) is -1.55. The Morgan fingerprint density at radius 1 is 1.07 bits per heavy atom. The first-order chi connectivity index (χ1) is 13.1. The molecule has 2 heterocycles. The second-order valence-corrected chi connectivity index (χ2v) is 10.1. The summed E-state index contributed by atoms with van der Waals surface area (Å²) in [4.78, 5) is 6.76. The summed E-state index contributed by atoms with van der Waals surface area (Å²) in [5.41, 5.74) is 1.47. The maximum absolute atomic E-state index is 12.6. The van der Waals surface area contributed by atoms with Crippen LogP contribution in [0.4, 0.5) is 5.69 Å². The lowest BCUT2D eigenvalue weighted by atomic mass is 9.87. The van der Waals surface area contributed by atoms with Gasteiger partial charge < -0.3 is 9.64 Å². The first kappa shape index (κ1) is 20.6. The van der Waals surface area contributed by atoms with Crippen LogP contribution in [0.3, 0.4) is 0 Å². The van der Waals surface area contributed by atoms with Crippen LogP contribution in [0, 0.1) is 0 Å². The number of rotatable bonds is 5. The lowest BCUT2D eigenvalue weighted by Gasteiger charge is -2.28. The molecule has 1 aliphatic heterocycles. The number of benzene rings is 1. The van der Waals surface area contributed by atoms with Gasteiger partial charge in [0.15, 0.2) is 0 Å². The Hall–Kier alpha value is -2.12. The van der Waals surface area contributed by atoms with Crippen molar-refractivity contribution in [3.8, 4) is 5.88 Å². The number of ether oxygens (including phenoxy) is 1. The summed E-state index contributed by atoms with van der Waals surface area (Å²) in [6, 6.07) is 10.4. The van der Waals surface area contributed by atoms with Crippen LogP contribution in [-0.4, -0.2) is 44.5 Å². The van der Waals surface area contributed by atoms with Gasteiger partial charge >= 0.3 is 0 Å². The Morgan fingerprint density at radius 3 is 2.25 bits per heavy atom. The molecular weight excluding hydrogens is 374 g/mol. The number of likely N-dealkylation sites (tertiary alicyclic amines) is 1. The predicted octanol–water partition coefficient (Wildman–Crippen LogP) is 3.65. The maximum Gasteiger partial charge on any atom is 0.261 e. The molecule has 1 N–H and O–H groups in total. The first-order valence-electron chi connectivity index (χ1n) is 9.58. The summed E-state index contributed by atoms with van der Waals surface area (Å²) < 4.78 is 33.7. The van der Waals surface area contributed by atoms with Crippen LogP contribution in [0.5, 0.6) is 5.88 Å². The summed E-state index contributed by atoms with van der Waals surface area (Å²) in [5, 5.41) is 0. The molecule has 152 valence electrons. The third-order valence-electron chi connectivity index (χ3n) is 4.97. The quantitative estimate of drug-likeness (QED) is 0.825. The zero-order chi connectivity index (χ0) is 20.4. The number of sulfonamides is 1. The molecule has 0 bridgehead atoms. The van der Waals surface area contributed by atoms with Crippen molar-refractivity contribution in [2.24, 2.45) is 0 Å². The molecule has 0 saturated carbocycles. The molecule has 1 fully saturated rings. The van der Waals surface area contributed by atoms with Gasteiger partial charge in [0.1, 0.15) is 6.10 Å². The largest absolute Gasteiger partial charge is 0.474 e. The Bertz CT molecular complexity index is 880. The molecule has 28 heavy (non-hydrogen) atoms. The lowest BCUT2D eigenvalue weighted by Crippen LogP contribution is -2.35. The van der Waals surface area contributed by atoms with Crippen molar-refractivity contribution in [2.75, 3.05) is 24.9 Å². The topological polar surface area (TPSA) is 71.5 Å². The zero-order valence-corrected chi connectivity index (χ0v) is 17.8. The number of nitrogens with one attached hydrogen (secondary N) is 1. The van der Waals surface area contributed by atoms with E-state index in [0.29, 0.717) is 11.6 Å². The molecule has 1 aromatic carbocycles. The molecule has 6 nitrogen and oxygen atoms in total. The fraction of sp³-hybridized carbons (Fsp3) is 0.476. The third-order valence-corrected chi connectivity index (χ3v) is 6.37. The second kappa shape index (κ2) is 8.09. The minimum absolute atomic E-state index is 0.0246. The van der Waals surface area contributed by atoms with Gasteiger partial charge in [-0.25, -0.2) is 13.4 Å². The highest BCUT2D eigenvalue weighted by atomic mass is 32.2. The standard InChI is InChI=1S/C21H29N3O3S/c1-21(2,3)16-5-8-19(9-6-16)28(25,26)23-17-7-10-20(22-15-17)27-18-11-13-24(4)14-12-18/h5-10,15,18,23H,11-14H2,1-4H3. The second-order valence-electron chi connectivity index (χ2n) is 8.39. The molecule has 0 unspecified atom stereocenters. The Morgan fingerprint density at radius 2 is 1.71 bits per heavy atom. The van der Waals surface area contributed by atoms with Crippen molar-refractivity contribution >= 4 is 15.7 Å². The van der Waals surface area contributed by atoms with Crippen LogP contribution in [0.15, 0.2) is 47.5 Å². The molecule has 1 aromatic heterocycles. The average molecular weight is 404 g/mol. The van der Waals surface area contributed by atoms with Crippen LogP contribution in [0.2, 0.25) is 0 Å². The zero-order valence-electron chi connectivity index (χ0n) is 17.0. The molecule has 3 rings (SSSR count). The van der Waals surface area contributed by atoms with E-state index in [-0.39, 0.29) is 16.4 Å². The highest BCUT2D eigenvalue weighted by Crippen LogP contribution is 2.25. The maximum atomic E-state index is 12.6. The van der Waals surface area contributed by atoms with Crippen LogP contribution in [-0.2, 0) is 15.4 Å². The number of piperidine rings is 1. The van der Waals surface area contributed by atoms with E-state index in [1.165, 1.54) is 6.20 Å². The number of hydrogen-bond donors (Lipinski definition) is 1. The summed E-state index contributed by atoms with van der Waals surface area (Å²) in [5.74, 6) is 0.520. The van der Waals surface area contributed by atoms with Crippen molar-refractivity contribution in [1.29, 1.82) is 0 Å².